The van der Waals surface area contributed by atoms with Gasteiger partial charge in [0, 0.05) is 32.4 Å². The lowest BCUT2D eigenvalue weighted by Gasteiger charge is -2.49. The average Bonchev–Trinajstić information content (AvgIpc) is 2.74. The summed E-state index contributed by atoms with van der Waals surface area (Å²) in [6.07, 6.45) is 3.82. The van der Waals surface area contributed by atoms with Crippen LogP contribution in [0.1, 0.15) is 46.4 Å². The standard InChI is InChI=1S/C15H28N4O/c1-6-18-11-17-8-13(18)12(7-16)19-9-14(2,3)20-15(4,5)10-19/h8,11-12H,6-7,9-10,16H2,1-5H3. The highest BCUT2D eigenvalue weighted by molar-refractivity contribution is 5.08. The van der Waals surface area contributed by atoms with E-state index in [-0.39, 0.29) is 17.2 Å². The zero-order valence-electron chi connectivity index (χ0n) is 13.4. The van der Waals surface area contributed by atoms with Gasteiger partial charge in [0.1, 0.15) is 0 Å². The van der Waals surface area contributed by atoms with Gasteiger partial charge < -0.3 is 15.0 Å². The SMILES string of the molecule is CCn1cncc1C(CN)N1CC(C)(C)OC(C)(C)C1. The molecule has 1 saturated heterocycles. The van der Waals surface area contributed by atoms with Crippen molar-refractivity contribution in [1.29, 1.82) is 0 Å². The molecule has 2 heterocycles. The van der Waals surface area contributed by atoms with Crippen molar-refractivity contribution < 1.29 is 4.74 Å². The first-order chi connectivity index (χ1) is 9.28. The maximum absolute atomic E-state index is 6.16. The number of aryl methyl sites for hydroxylation is 1. The van der Waals surface area contributed by atoms with Gasteiger partial charge in [-0.05, 0) is 34.6 Å². The van der Waals surface area contributed by atoms with Crippen LogP contribution in [-0.4, -0.2) is 45.3 Å². The van der Waals surface area contributed by atoms with Crippen LogP contribution in [0.25, 0.3) is 0 Å². The number of hydrogen-bond donors (Lipinski definition) is 1. The molecule has 1 aliphatic heterocycles. The van der Waals surface area contributed by atoms with E-state index < -0.39 is 0 Å². The molecule has 5 nitrogen and oxygen atoms in total. The minimum atomic E-state index is -0.160. The molecular formula is C15H28N4O. The van der Waals surface area contributed by atoms with E-state index in [1.54, 1.807) is 0 Å². The van der Waals surface area contributed by atoms with Gasteiger partial charge in [0.05, 0.1) is 29.3 Å². The number of hydrogen-bond acceptors (Lipinski definition) is 4. The lowest BCUT2D eigenvalue weighted by molar-refractivity contribution is -0.188. The summed E-state index contributed by atoms with van der Waals surface area (Å²) in [5, 5.41) is 0. The molecule has 1 unspecified atom stereocenters. The number of nitrogens with zero attached hydrogens (tertiary/aromatic N) is 3. The van der Waals surface area contributed by atoms with Gasteiger partial charge in [0.2, 0.25) is 0 Å². The average molecular weight is 280 g/mol. The van der Waals surface area contributed by atoms with Gasteiger partial charge in [-0.15, -0.1) is 0 Å². The van der Waals surface area contributed by atoms with Crippen molar-refractivity contribution >= 4 is 0 Å². The molecule has 1 atom stereocenters. The molecule has 20 heavy (non-hydrogen) atoms. The van der Waals surface area contributed by atoms with E-state index in [1.807, 2.05) is 12.5 Å². The third-order valence-corrected chi connectivity index (χ3v) is 3.81. The molecular weight excluding hydrogens is 252 g/mol. The summed E-state index contributed by atoms with van der Waals surface area (Å²) in [7, 11) is 0. The number of ether oxygens (including phenoxy) is 1. The van der Waals surface area contributed by atoms with Crippen LogP contribution in [0.3, 0.4) is 0 Å². The highest BCUT2D eigenvalue weighted by Crippen LogP contribution is 2.33. The summed E-state index contributed by atoms with van der Waals surface area (Å²) in [4.78, 5) is 6.72. The first kappa shape index (κ1) is 15.5. The fourth-order valence-electron chi connectivity index (χ4n) is 3.40. The van der Waals surface area contributed by atoms with Crippen LogP contribution in [-0.2, 0) is 11.3 Å². The van der Waals surface area contributed by atoms with Crippen molar-refractivity contribution in [2.45, 2.75) is 58.4 Å². The molecule has 0 radical (unpaired) electrons. The Bertz CT molecular complexity index is 436. The number of morpholine rings is 1. The monoisotopic (exact) mass is 280 g/mol. The smallest absolute Gasteiger partial charge is 0.0948 e. The summed E-state index contributed by atoms with van der Waals surface area (Å²) >= 11 is 0. The summed E-state index contributed by atoms with van der Waals surface area (Å²) < 4.78 is 8.33. The number of imidazole rings is 1. The van der Waals surface area contributed by atoms with Crippen molar-refractivity contribution in [3.05, 3.63) is 18.2 Å². The first-order valence-corrected chi connectivity index (χ1v) is 7.42. The van der Waals surface area contributed by atoms with Gasteiger partial charge in [-0.1, -0.05) is 0 Å². The largest absolute Gasteiger partial charge is 0.367 e. The molecule has 1 aromatic heterocycles. The molecule has 1 fully saturated rings. The van der Waals surface area contributed by atoms with Gasteiger partial charge in [-0.25, -0.2) is 4.98 Å². The summed E-state index contributed by atoms with van der Waals surface area (Å²) in [6, 6.07) is 0.194. The van der Waals surface area contributed by atoms with Gasteiger partial charge in [0.25, 0.3) is 0 Å². The Balaban J connectivity index is 2.27. The van der Waals surface area contributed by atoms with E-state index in [4.69, 9.17) is 10.5 Å². The number of nitrogens with two attached hydrogens (primary N) is 1. The molecule has 5 heteroatoms. The van der Waals surface area contributed by atoms with E-state index in [1.165, 1.54) is 5.69 Å². The topological polar surface area (TPSA) is 56.3 Å². The van der Waals surface area contributed by atoms with E-state index in [0.29, 0.717) is 6.54 Å². The second kappa shape index (κ2) is 5.47. The Kier molecular flexibility index (Phi) is 4.23. The molecule has 1 aromatic rings. The van der Waals surface area contributed by atoms with Crippen molar-refractivity contribution in [3.8, 4) is 0 Å². The van der Waals surface area contributed by atoms with Crippen LogP contribution in [0.5, 0.6) is 0 Å². The second-order valence-corrected chi connectivity index (χ2v) is 6.88. The van der Waals surface area contributed by atoms with Crippen LogP contribution >= 0.6 is 0 Å². The molecule has 0 amide bonds. The predicted molar refractivity (Wildman–Crippen MR) is 80.5 cm³/mol. The molecule has 0 aliphatic carbocycles. The third kappa shape index (κ3) is 3.22. The fraction of sp³-hybridized carbons (Fsp3) is 0.800. The molecule has 114 valence electrons. The predicted octanol–water partition coefficient (Wildman–Crippen LogP) is 1.79. The van der Waals surface area contributed by atoms with E-state index in [9.17, 15) is 0 Å². The Labute approximate surface area is 122 Å². The number of aromatic nitrogens is 2. The lowest BCUT2D eigenvalue weighted by atomic mass is 9.96. The highest BCUT2D eigenvalue weighted by atomic mass is 16.5. The number of rotatable bonds is 4. The van der Waals surface area contributed by atoms with E-state index >= 15 is 0 Å². The minimum Gasteiger partial charge on any atom is -0.367 e. The molecule has 0 saturated carbocycles. The van der Waals surface area contributed by atoms with E-state index in [0.717, 1.165) is 19.6 Å². The van der Waals surface area contributed by atoms with Gasteiger partial charge in [-0.3, -0.25) is 4.90 Å². The maximum Gasteiger partial charge on any atom is 0.0948 e. The normalized spacial score (nSPS) is 23.7. The van der Waals surface area contributed by atoms with Crippen LogP contribution < -0.4 is 5.73 Å². The molecule has 0 aromatic carbocycles. The van der Waals surface area contributed by atoms with Crippen LogP contribution in [0.2, 0.25) is 0 Å². The summed E-state index contributed by atoms with van der Waals surface area (Å²) in [5.74, 6) is 0. The minimum absolute atomic E-state index is 0.160. The zero-order valence-corrected chi connectivity index (χ0v) is 13.4. The van der Waals surface area contributed by atoms with Gasteiger partial charge in [0.15, 0.2) is 0 Å². The quantitative estimate of drug-likeness (QED) is 0.913. The van der Waals surface area contributed by atoms with Crippen LogP contribution in [0.4, 0.5) is 0 Å². The summed E-state index contributed by atoms with van der Waals surface area (Å²) in [5.41, 5.74) is 6.95. The lowest BCUT2D eigenvalue weighted by Crippen LogP contribution is -2.58. The zero-order chi connectivity index (χ0) is 15.0. The van der Waals surface area contributed by atoms with Crippen molar-refractivity contribution in [3.63, 3.8) is 0 Å². The second-order valence-electron chi connectivity index (χ2n) is 6.88. The first-order valence-electron chi connectivity index (χ1n) is 7.42. The van der Waals surface area contributed by atoms with Crippen molar-refractivity contribution in [2.75, 3.05) is 19.6 Å². The Hall–Kier alpha value is -0.910. The van der Waals surface area contributed by atoms with Crippen LogP contribution in [0, 0.1) is 0 Å². The summed E-state index contributed by atoms with van der Waals surface area (Å²) in [6.45, 7) is 14.0. The molecule has 2 N–H and O–H groups in total. The Morgan fingerprint density at radius 2 is 1.90 bits per heavy atom. The molecule has 2 rings (SSSR count). The van der Waals surface area contributed by atoms with Crippen molar-refractivity contribution in [2.24, 2.45) is 5.73 Å². The molecule has 1 aliphatic rings. The molecule has 0 spiro atoms. The van der Waals surface area contributed by atoms with Gasteiger partial charge in [-0.2, -0.15) is 0 Å². The Morgan fingerprint density at radius 3 is 2.40 bits per heavy atom. The fourth-order valence-corrected chi connectivity index (χ4v) is 3.40. The maximum atomic E-state index is 6.16. The molecule has 0 bridgehead atoms. The van der Waals surface area contributed by atoms with Crippen LogP contribution in [0.15, 0.2) is 12.5 Å². The highest BCUT2D eigenvalue weighted by Gasteiger charge is 2.41. The van der Waals surface area contributed by atoms with Gasteiger partial charge >= 0.3 is 0 Å². The van der Waals surface area contributed by atoms with E-state index in [2.05, 4.69) is 49.1 Å². The van der Waals surface area contributed by atoms with Crippen molar-refractivity contribution in [1.82, 2.24) is 14.5 Å². The Morgan fingerprint density at radius 1 is 1.30 bits per heavy atom. The third-order valence-electron chi connectivity index (χ3n) is 3.81.